The van der Waals surface area contributed by atoms with Gasteiger partial charge in [0.2, 0.25) is 10.0 Å². The van der Waals surface area contributed by atoms with Gasteiger partial charge in [-0.3, -0.25) is 0 Å². The third-order valence-electron chi connectivity index (χ3n) is 4.21. The van der Waals surface area contributed by atoms with Gasteiger partial charge in [-0.15, -0.1) is 0 Å². The zero-order valence-corrected chi connectivity index (χ0v) is 14.7. The number of hydrogen-bond donors (Lipinski definition) is 0. The van der Waals surface area contributed by atoms with E-state index in [2.05, 4.69) is 0 Å². The average Bonchev–Trinajstić information content (AvgIpc) is 3.08. The van der Waals surface area contributed by atoms with Crippen molar-refractivity contribution in [2.75, 3.05) is 13.1 Å². The van der Waals surface area contributed by atoms with Gasteiger partial charge in [0.1, 0.15) is 11.5 Å². The number of benzene rings is 1. The summed E-state index contributed by atoms with van der Waals surface area (Å²) in [5.41, 5.74) is 0. The molecule has 0 N–H and O–H groups in total. The normalized spacial score (nSPS) is 17.8. The molecule has 0 radical (unpaired) electrons. The van der Waals surface area contributed by atoms with E-state index in [1.807, 2.05) is 0 Å². The first kappa shape index (κ1) is 17.2. The van der Waals surface area contributed by atoms with Crippen LogP contribution in [0.2, 0.25) is 0 Å². The fourth-order valence-electron chi connectivity index (χ4n) is 2.88. The molecule has 1 aliphatic rings. The Morgan fingerprint density at radius 3 is 2.21 bits per heavy atom. The molecule has 130 valence electrons. The van der Waals surface area contributed by atoms with Crippen LogP contribution in [-0.2, 0) is 25.6 Å². The van der Waals surface area contributed by atoms with E-state index in [9.17, 15) is 16.8 Å². The van der Waals surface area contributed by atoms with Crippen LogP contribution in [0.1, 0.15) is 18.6 Å². The first-order valence-corrected chi connectivity index (χ1v) is 10.8. The molecule has 0 unspecified atom stereocenters. The van der Waals surface area contributed by atoms with Gasteiger partial charge < -0.3 is 4.42 Å². The van der Waals surface area contributed by atoms with Crippen LogP contribution in [0, 0.1) is 0 Å². The van der Waals surface area contributed by atoms with Crippen LogP contribution in [0.25, 0.3) is 0 Å². The molecule has 1 aromatic heterocycles. The van der Waals surface area contributed by atoms with Gasteiger partial charge in [0.25, 0.3) is 0 Å². The zero-order chi connectivity index (χ0) is 17.2. The van der Waals surface area contributed by atoms with Crippen molar-refractivity contribution in [2.24, 2.45) is 0 Å². The topological polar surface area (TPSA) is 84.7 Å². The van der Waals surface area contributed by atoms with Gasteiger partial charge in [-0.2, -0.15) is 4.31 Å². The molecule has 2 aromatic rings. The van der Waals surface area contributed by atoms with Crippen molar-refractivity contribution >= 4 is 19.9 Å². The summed E-state index contributed by atoms with van der Waals surface area (Å²) in [7, 11) is -6.92. The van der Waals surface area contributed by atoms with Crippen LogP contribution in [0.3, 0.4) is 0 Å². The molecule has 24 heavy (non-hydrogen) atoms. The van der Waals surface area contributed by atoms with Crippen molar-refractivity contribution in [1.82, 2.24) is 4.31 Å². The lowest BCUT2D eigenvalue weighted by atomic mass is 10.2. The summed E-state index contributed by atoms with van der Waals surface area (Å²) in [4.78, 5) is 0.238. The predicted molar refractivity (Wildman–Crippen MR) is 89.6 cm³/mol. The molecule has 0 bridgehead atoms. The molecule has 1 aliphatic heterocycles. The smallest absolute Gasteiger partial charge is 0.243 e. The van der Waals surface area contributed by atoms with Gasteiger partial charge >= 0.3 is 0 Å². The van der Waals surface area contributed by atoms with Crippen molar-refractivity contribution < 1.29 is 21.3 Å². The maximum atomic E-state index is 12.6. The van der Waals surface area contributed by atoms with Gasteiger partial charge in [0, 0.05) is 13.1 Å². The van der Waals surface area contributed by atoms with E-state index in [4.69, 9.17) is 4.42 Å². The second kappa shape index (κ2) is 6.70. The number of nitrogens with zero attached hydrogens (tertiary/aromatic N) is 1. The van der Waals surface area contributed by atoms with E-state index in [1.165, 1.54) is 10.6 Å². The lowest BCUT2D eigenvalue weighted by molar-refractivity contribution is 0.345. The van der Waals surface area contributed by atoms with Crippen LogP contribution in [0.15, 0.2) is 58.0 Å². The number of furan rings is 1. The number of hydrogen-bond acceptors (Lipinski definition) is 5. The second-order valence-corrected chi connectivity index (χ2v) is 10.0. The summed E-state index contributed by atoms with van der Waals surface area (Å²) >= 11 is 0. The molecule has 0 spiro atoms. The molecular weight excluding hydrogens is 350 g/mol. The van der Waals surface area contributed by atoms with Crippen molar-refractivity contribution in [1.29, 1.82) is 0 Å². The van der Waals surface area contributed by atoms with Crippen molar-refractivity contribution in [3.63, 3.8) is 0 Å². The molecule has 6 nitrogen and oxygen atoms in total. The highest BCUT2D eigenvalue weighted by Gasteiger charge is 2.35. The van der Waals surface area contributed by atoms with Crippen LogP contribution in [0.4, 0.5) is 0 Å². The molecule has 0 aliphatic carbocycles. The van der Waals surface area contributed by atoms with Crippen LogP contribution in [0.5, 0.6) is 0 Å². The van der Waals surface area contributed by atoms with E-state index in [0.29, 0.717) is 18.6 Å². The first-order chi connectivity index (χ1) is 11.4. The molecule has 0 atom stereocenters. The Kier molecular flexibility index (Phi) is 4.80. The van der Waals surface area contributed by atoms with Crippen LogP contribution < -0.4 is 0 Å². The largest absolute Gasteiger partial charge is 0.468 e. The highest BCUT2D eigenvalue weighted by molar-refractivity contribution is 7.91. The number of rotatable bonds is 5. The molecule has 0 amide bonds. The van der Waals surface area contributed by atoms with Crippen LogP contribution in [-0.4, -0.2) is 39.5 Å². The van der Waals surface area contributed by atoms with E-state index < -0.39 is 25.1 Å². The minimum atomic E-state index is -3.56. The van der Waals surface area contributed by atoms with Crippen molar-refractivity contribution in [3.05, 3.63) is 54.5 Å². The molecular formula is C16H19NO5S2. The van der Waals surface area contributed by atoms with E-state index in [0.717, 1.165) is 0 Å². The quantitative estimate of drug-likeness (QED) is 0.805. The Bertz CT molecular complexity index is 866. The van der Waals surface area contributed by atoms with Crippen LogP contribution >= 0.6 is 0 Å². The number of sulfonamides is 1. The summed E-state index contributed by atoms with van der Waals surface area (Å²) in [5.74, 6) is 0.269. The Morgan fingerprint density at radius 2 is 1.62 bits per heavy atom. The van der Waals surface area contributed by atoms with Crippen molar-refractivity contribution in [2.45, 2.75) is 28.7 Å². The van der Waals surface area contributed by atoms with E-state index in [1.54, 1.807) is 42.5 Å². The molecule has 1 aromatic carbocycles. The Labute approximate surface area is 142 Å². The van der Waals surface area contributed by atoms with E-state index >= 15 is 0 Å². The van der Waals surface area contributed by atoms with E-state index in [-0.39, 0.29) is 23.7 Å². The predicted octanol–water partition coefficient (Wildman–Crippen LogP) is 2.05. The SMILES string of the molecule is O=S(=O)(Cc1ccco1)C1CCN(S(=O)(=O)c2ccccc2)CC1. The molecule has 1 fully saturated rings. The fraction of sp³-hybridized carbons (Fsp3) is 0.375. The highest BCUT2D eigenvalue weighted by Crippen LogP contribution is 2.25. The fourth-order valence-corrected chi connectivity index (χ4v) is 6.10. The lowest BCUT2D eigenvalue weighted by Gasteiger charge is -2.30. The Morgan fingerprint density at radius 1 is 0.958 bits per heavy atom. The Hall–Kier alpha value is -1.64. The van der Waals surface area contributed by atoms with Gasteiger partial charge in [0.05, 0.1) is 16.4 Å². The van der Waals surface area contributed by atoms with Crippen molar-refractivity contribution in [3.8, 4) is 0 Å². The summed E-state index contributed by atoms with van der Waals surface area (Å²) in [6.07, 6.45) is 2.05. The third kappa shape index (κ3) is 3.55. The number of piperidine rings is 1. The molecule has 8 heteroatoms. The maximum absolute atomic E-state index is 12.6. The molecule has 0 saturated carbocycles. The minimum Gasteiger partial charge on any atom is -0.468 e. The third-order valence-corrected chi connectivity index (χ3v) is 8.30. The first-order valence-electron chi connectivity index (χ1n) is 7.69. The highest BCUT2D eigenvalue weighted by atomic mass is 32.2. The minimum absolute atomic E-state index is 0.143. The Balaban J connectivity index is 1.68. The molecule has 2 heterocycles. The summed E-state index contributed by atoms with van der Waals surface area (Å²) in [6.45, 7) is 0.415. The summed E-state index contributed by atoms with van der Waals surface area (Å²) in [5, 5.41) is -0.537. The van der Waals surface area contributed by atoms with Gasteiger partial charge in [-0.05, 0) is 37.1 Å². The lowest BCUT2D eigenvalue weighted by Crippen LogP contribution is -2.42. The number of sulfone groups is 1. The van der Waals surface area contributed by atoms with Gasteiger partial charge in [-0.25, -0.2) is 16.8 Å². The average molecular weight is 369 g/mol. The molecule has 3 rings (SSSR count). The van der Waals surface area contributed by atoms with Gasteiger partial charge in [0.15, 0.2) is 9.84 Å². The standard InChI is InChI=1S/C16H19NO5S2/c18-23(19,13-14-5-4-12-22-14)15-8-10-17(11-9-15)24(20,21)16-6-2-1-3-7-16/h1-7,12,15H,8-11,13H2. The zero-order valence-electron chi connectivity index (χ0n) is 13.0. The second-order valence-electron chi connectivity index (χ2n) is 5.80. The monoisotopic (exact) mass is 369 g/mol. The maximum Gasteiger partial charge on any atom is 0.243 e. The summed E-state index contributed by atoms with van der Waals surface area (Å²) < 4.78 is 56.5. The molecule has 1 saturated heterocycles. The van der Waals surface area contributed by atoms with Gasteiger partial charge in [-0.1, -0.05) is 18.2 Å². The summed E-state index contributed by atoms with van der Waals surface area (Å²) in [6, 6.07) is 11.5.